The van der Waals surface area contributed by atoms with Crippen LogP contribution in [-0.4, -0.2) is 19.0 Å². The van der Waals surface area contributed by atoms with Gasteiger partial charge in [0, 0.05) is 18.0 Å². The Bertz CT molecular complexity index is 1280. The molecule has 0 heterocycles. The van der Waals surface area contributed by atoms with E-state index in [-0.39, 0.29) is 12.5 Å². The number of rotatable bonds is 6. The minimum Gasteiger partial charge on any atom is -0.449 e. The number of nitrogens with one attached hydrogen (secondary N) is 1. The van der Waals surface area contributed by atoms with Crippen molar-refractivity contribution in [1.82, 2.24) is 5.32 Å². The molecule has 4 heteroatoms. The smallest absolute Gasteiger partial charge is 0.407 e. The largest absolute Gasteiger partial charge is 0.449 e. The van der Waals surface area contributed by atoms with Gasteiger partial charge in [-0.25, -0.2) is 4.79 Å². The Hall–Kier alpha value is -4.18. The van der Waals surface area contributed by atoms with Crippen LogP contribution in [0.1, 0.15) is 33.0 Å². The number of hydrogen-bond donors (Lipinski definition) is 1. The molecule has 1 N–H and O–H groups in total. The average molecular weight is 434 g/mol. The Morgan fingerprint density at radius 2 is 1.42 bits per heavy atom. The number of fused-ring (bicyclic) bond motifs is 3. The number of ether oxygens (including phenoxy) is 1. The molecule has 0 atom stereocenters. The molecule has 0 aliphatic heterocycles. The molecule has 4 aromatic carbocycles. The molecular formula is C29H23NO3. The third-order valence-electron chi connectivity index (χ3n) is 6.12. The van der Waals surface area contributed by atoms with Crippen molar-refractivity contribution in [3.8, 4) is 22.3 Å². The van der Waals surface area contributed by atoms with Crippen LogP contribution in [0.25, 0.3) is 22.3 Å². The number of aldehydes is 1. The van der Waals surface area contributed by atoms with Crippen LogP contribution in [0, 0.1) is 0 Å². The van der Waals surface area contributed by atoms with Gasteiger partial charge in [0.25, 0.3) is 0 Å². The summed E-state index contributed by atoms with van der Waals surface area (Å²) in [4.78, 5) is 23.7. The standard InChI is InChI=1S/C29H23NO3/c31-18-20-8-7-10-21(16-20)23-11-2-1-9-22(23)17-30-29(32)33-19-28-26-14-5-3-12-24(26)25-13-4-6-15-27(25)28/h1-16,18,28H,17,19H2,(H,30,32). The molecule has 1 aliphatic carbocycles. The zero-order chi connectivity index (χ0) is 22.6. The molecule has 0 fully saturated rings. The van der Waals surface area contributed by atoms with E-state index in [0.29, 0.717) is 12.1 Å². The monoisotopic (exact) mass is 433 g/mol. The molecule has 162 valence electrons. The van der Waals surface area contributed by atoms with E-state index in [9.17, 15) is 9.59 Å². The fraction of sp³-hybridized carbons (Fsp3) is 0.103. The van der Waals surface area contributed by atoms with Crippen LogP contribution in [-0.2, 0) is 11.3 Å². The van der Waals surface area contributed by atoms with Gasteiger partial charge in [-0.3, -0.25) is 4.79 Å². The zero-order valence-electron chi connectivity index (χ0n) is 18.0. The Morgan fingerprint density at radius 3 is 2.12 bits per heavy atom. The Labute approximate surface area is 192 Å². The summed E-state index contributed by atoms with van der Waals surface area (Å²) in [6.07, 6.45) is 0.384. The van der Waals surface area contributed by atoms with Crippen LogP contribution >= 0.6 is 0 Å². The number of benzene rings is 4. The maximum Gasteiger partial charge on any atom is 0.407 e. The van der Waals surface area contributed by atoms with Gasteiger partial charge in [-0.05, 0) is 45.0 Å². The average Bonchev–Trinajstić information content (AvgIpc) is 3.20. The van der Waals surface area contributed by atoms with Crippen molar-refractivity contribution in [1.29, 1.82) is 0 Å². The molecule has 0 radical (unpaired) electrons. The van der Waals surface area contributed by atoms with Crippen molar-refractivity contribution in [3.05, 3.63) is 119 Å². The second-order valence-electron chi connectivity index (χ2n) is 8.08. The summed E-state index contributed by atoms with van der Waals surface area (Å²) >= 11 is 0. The van der Waals surface area contributed by atoms with Crippen molar-refractivity contribution in [2.24, 2.45) is 0 Å². The number of carbonyl (C=O) groups is 2. The Kier molecular flexibility index (Phi) is 5.73. The lowest BCUT2D eigenvalue weighted by molar-refractivity contribution is 0.112. The van der Waals surface area contributed by atoms with Gasteiger partial charge in [0.15, 0.2) is 0 Å². The van der Waals surface area contributed by atoms with E-state index in [2.05, 4.69) is 29.6 Å². The van der Waals surface area contributed by atoms with Crippen molar-refractivity contribution < 1.29 is 14.3 Å². The molecule has 5 rings (SSSR count). The second-order valence-corrected chi connectivity index (χ2v) is 8.08. The highest BCUT2D eigenvalue weighted by Crippen LogP contribution is 2.44. The van der Waals surface area contributed by atoms with Crippen molar-refractivity contribution >= 4 is 12.4 Å². The second kappa shape index (κ2) is 9.13. The van der Waals surface area contributed by atoms with E-state index in [1.54, 1.807) is 6.07 Å². The highest BCUT2D eigenvalue weighted by atomic mass is 16.5. The normalized spacial score (nSPS) is 12.0. The lowest BCUT2D eigenvalue weighted by Crippen LogP contribution is -2.25. The van der Waals surface area contributed by atoms with Gasteiger partial charge in [-0.1, -0.05) is 91.0 Å². The summed E-state index contributed by atoms with van der Waals surface area (Å²) in [7, 11) is 0. The van der Waals surface area contributed by atoms with Crippen LogP contribution in [0.4, 0.5) is 4.79 Å². The molecule has 0 unspecified atom stereocenters. The van der Waals surface area contributed by atoms with Gasteiger partial charge in [-0.2, -0.15) is 0 Å². The lowest BCUT2D eigenvalue weighted by Gasteiger charge is -2.15. The molecule has 4 nitrogen and oxygen atoms in total. The SMILES string of the molecule is O=Cc1cccc(-c2ccccc2CNC(=O)OCC2c3ccccc3-c3ccccc32)c1. The van der Waals surface area contributed by atoms with Gasteiger partial charge in [0.2, 0.25) is 0 Å². The highest BCUT2D eigenvalue weighted by Gasteiger charge is 2.28. The first-order valence-electron chi connectivity index (χ1n) is 11.0. The maximum atomic E-state index is 12.6. The Balaban J connectivity index is 1.27. The van der Waals surface area contributed by atoms with Crippen molar-refractivity contribution in [2.45, 2.75) is 12.5 Å². The zero-order valence-corrected chi connectivity index (χ0v) is 18.0. The summed E-state index contributed by atoms with van der Waals surface area (Å²) in [5, 5.41) is 2.88. The molecule has 1 aliphatic rings. The molecule has 0 saturated heterocycles. The van der Waals surface area contributed by atoms with E-state index in [1.807, 2.05) is 66.7 Å². The number of carbonyl (C=O) groups excluding carboxylic acids is 2. The quantitative estimate of drug-likeness (QED) is 0.368. The topological polar surface area (TPSA) is 55.4 Å². The molecule has 4 aromatic rings. The number of alkyl carbamates (subject to hydrolysis) is 1. The Morgan fingerprint density at radius 1 is 0.788 bits per heavy atom. The van der Waals surface area contributed by atoms with E-state index >= 15 is 0 Å². The summed E-state index contributed by atoms with van der Waals surface area (Å²) < 4.78 is 5.65. The van der Waals surface area contributed by atoms with E-state index in [0.717, 1.165) is 23.0 Å². The number of hydrogen-bond acceptors (Lipinski definition) is 3. The molecule has 1 amide bonds. The van der Waals surface area contributed by atoms with Crippen LogP contribution in [0.2, 0.25) is 0 Å². The van der Waals surface area contributed by atoms with E-state index < -0.39 is 6.09 Å². The third kappa shape index (κ3) is 4.15. The van der Waals surface area contributed by atoms with Crippen LogP contribution < -0.4 is 5.32 Å². The highest BCUT2D eigenvalue weighted by molar-refractivity contribution is 5.80. The van der Waals surface area contributed by atoms with Crippen LogP contribution in [0.5, 0.6) is 0 Å². The molecule has 33 heavy (non-hydrogen) atoms. The third-order valence-corrected chi connectivity index (χ3v) is 6.12. The summed E-state index contributed by atoms with van der Waals surface area (Å²) in [5.74, 6) is 0.0292. The predicted octanol–water partition coefficient (Wildman–Crippen LogP) is 6.20. The minimum absolute atomic E-state index is 0.0292. The van der Waals surface area contributed by atoms with Gasteiger partial charge in [0.05, 0.1) is 0 Å². The first-order chi connectivity index (χ1) is 16.2. The van der Waals surface area contributed by atoms with Gasteiger partial charge >= 0.3 is 6.09 Å². The van der Waals surface area contributed by atoms with Crippen molar-refractivity contribution in [2.75, 3.05) is 6.61 Å². The van der Waals surface area contributed by atoms with Gasteiger partial charge < -0.3 is 10.1 Å². The predicted molar refractivity (Wildman–Crippen MR) is 129 cm³/mol. The number of amides is 1. The van der Waals surface area contributed by atoms with Crippen LogP contribution in [0.15, 0.2) is 97.1 Å². The molecule has 0 spiro atoms. The summed E-state index contributed by atoms with van der Waals surface area (Å²) in [6, 6.07) is 31.8. The summed E-state index contributed by atoms with van der Waals surface area (Å²) in [6.45, 7) is 0.612. The van der Waals surface area contributed by atoms with Crippen molar-refractivity contribution in [3.63, 3.8) is 0 Å². The summed E-state index contributed by atoms with van der Waals surface area (Å²) in [5.41, 5.74) is 8.26. The minimum atomic E-state index is -0.451. The molecule has 0 aromatic heterocycles. The van der Waals surface area contributed by atoms with E-state index in [4.69, 9.17) is 4.74 Å². The lowest BCUT2D eigenvalue weighted by atomic mass is 9.98. The van der Waals surface area contributed by atoms with Gasteiger partial charge in [-0.15, -0.1) is 0 Å². The molecular weight excluding hydrogens is 410 g/mol. The maximum absolute atomic E-state index is 12.6. The first-order valence-corrected chi connectivity index (χ1v) is 11.0. The first kappa shape index (κ1) is 20.7. The van der Waals surface area contributed by atoms with Gasteiger partial charge in [0.1, 0.15) is 12.9 Å². The molecule has 0 bridgehead atoms. The molecule has 0 saturated carbocycles. The fourth-order valence-corrected chi connectivity index (χ4v) is 4.55. The van der Waals surface area contributed by atoms with E-state index in [1.165, 1.54) is 22.3 Å². The fourth-order valence-electron chi connectivity index (χ4n) is 4.55. The van der Waals surface area contributed by atoms with Crippen LogP contribution in [0.3, 0.4) is 0 Å².